The van der Waals surface area contributed by atoms with Crippen LogP contribution in [-0.4, -0.2) is 24.8 Å². The maximum absolute atomic E-state index is 11.0. The van der Waals surface area contributed by atoms with Crippen LogP contribution in [0, 0.1) is 0 Å². The lowest BCUT2D eigenvalue weighted by Crippen LogP contribution is -2.05. The summed E-state index contributed by atoms with van der Waals surface area (Å²) in [6, 6.07) is 4.47. The molecular formula is C11H10Cl2O4. The summed E-state index contributed by atoms with van der Waals surface area (Å²) in [5.74, 6) is -0.464. The Balaban J connectivity index is 2.94. The van der Waals surface area contributed by atoms with Gasteiger partial charge in [0.1, 0.15) is 23.7 Å². The quantitative estimate of drug-likeness (QED) is 0.898. The van der Waals surface area contributed by atoms with E-state index >= 15 is 0 Å². The van der Waals surface area contributed by atoms with Crippen molar-refractivity contribution in [2.24, 2.45) is 0 Å². The van der Waals surface area contributed by atoms with Gasteiger partial charge in [0.2, 0.25) is 0 Å². The average molecular weight is 277 g/mol. The molecule has 0 saturated carbocycles. The van der Waals surface area contributed by atoms with Crippen LogP contribution < -0.4 is 9.47 Å². The van der Waals surface area contributed by atoms with Gasteiger partial charge in [0.25, 0.3) is 0 Å². The topological polar surface area (TPSA) is 55.8 Å². The summed E-state index contributed by atoms with van der Waals surface area (Å²) in [7, 11) is 1.45. The number of carbonyl (C=O) groups is 1. The van der Waals surface area contributed by atoms with Gasteiger partial charge in [-0.25, -0.2) is 4.79 Å². The van der Waals surface area contributed by atoms with E-state index in [0.717, 1.165) is 5.54 Å². The van der Waals surface area contributed by atoms with Crippen LogP contribution in [-0.2, 0) is 0 Å². The molecule has 0 atom stereocenters. The Kier molecular flexibility index (Phi) is 5.12. The molecule has 92 valence electrons. The number of aromatic carboxylic acids is 1. The third kappa shape index (κ3) is 3.84. The zero-order chi connectivity index (χ0) is 12.8. The van der Waals surface area contributed by atoms with E-state index in [1.165, 1.54) is 19.2 Å². The summed E-state index contributed by atoms with van der Waals surface area (Å²) in [5.41, 5.74) is 1.16. The van der Waals surface area contributed by atoms with E-state index in [-0.39, 0.29) is 23.0 Å². The minimum absolute atomic E-state index is 0.00314. The van der Waals surface area contributed by atoms with Gasteiger partial charge in [-0.15, -0.1) is 0 Å². The van der Waals surface area contributed by atoms with Crippen molar-refractivity contribution in [3.8, 4) is 11.5 Å². The van der Waals surface area contributed by atoms with Crippen molar-refractivity contribution in [2.75, 3.05) is 13.7 Å². The number of carboxylic acids is 1. The highest BCUT2D eigenvalue weighted by Gasteiger charge is 2.13. The molecule has 0 saturated heterocycles. The number of hydrogen-bond acceptors (Lipinski definition) is 3. The lowest BCUT2D eigenvalue weighted by molar-refractivity contribution is 0.0692. The first-order valence-electron chi connectivity index (χ1n) is 4.57. The molecule has 0 spiro atoms. The highest BCUT2D eigenvalue weighted by atomic mass is 35.5. The van der Waals surface area contributed by atoms with Crippen molar-refractivity contribution < 1.29 is 19.4 Å². The Hall–Kier alpha value is -1.39. The number of carboxylic acid groups (broad SMARTS) is 1. The third-order valence-corrected chi connectivity index (χ3v) is 2.49. The molecular weight excluding hydrogens is 267 g/mol. The van der Waals surface area contributed by atoms with Crippen molar-refractivity contribution in [2.45, 2.75) is 0 Å². The second-order valence-corrected chi connectivity index (χ2v) is 3.72. The Morgan fingerprint density at radius 1 is 1.53 bits per heavy atom. The van der Waals surface area contributed by atoms with Crippen LogP contribution in [0.4, 0.5) is 0 Å². The average Bonchev–Trinajstić information content (AvgIpc) is 2.35. The summed E-state index contributed by atoms with van der Waals surface area (Å²) in [6.07, 6.45) is 0. The minimum Gasteiger partial charge on any atom is -0.497 e. The van der Waals surface area contributed by atoms with Gasteiger partial charge in [-0.1, -0.05) is 23.2 Å². The highest BCUT2D eigenvalue weighted by Crippen LogP contribution is 2.24. The SMILES string of the molecule is COc1ccc(OCC(Cl)=CCl)c(C(=O)O)c1. The molecule has 0 heterocycles. The fourth-order valence-electron chi connectivity index (χ4n) is 1.11. The molecule has 0 aromatic heterocycles. The molecule has 0 radical (unpaired) electrons. The maximum atomic E-state index is 11.0. The molecule has 1 N–H and O–H groups in total. The standard InChI is InChI=1S/C11H10Cl2O4/c1-16-8-2-3-10(9(4-8)11(14)15)17-6-7(13)5-12/h2-5H,6H2,1H3,(H,14,15). The Morgan fingerprint density at radius 2 is 2.24 bits per heavy atom. The largest absolute Gasteiger partial charge is 0.497 e. The molecule has 17 heavy (non-hydrogen) atoms. The number of halogens is 2. The van der Waals surface area contributed by atoms with Gasteiger partial charge in [-0.2, -0.15) is 0 Å². The molecule has 1 aromatic rings. The summed E-state index contributed by atoms with van der Waals surface area (Å²) < 4.78 is 10.2. The zero-order valence-corrected chi connectivity index (χ0v) is 10.5. The summed E-state index contributed by atoms with van der Waals surface area (Å²) >= 11 is 11.0. The zero-order valence-electron chi connectivity index (χ0n) is 8.94. The third-order valence-electron chi connectivity index (χ3n) is 1.90. The molecule has 1 rings (SSSR count). The first-order valence-corrected chi connectivity index (χ1v) is 5.38. The van der Waals surface area contributed by atoms with Gasteiger partial charge >= 0.3 is 5.97 Å². The van der Waals surface area contributed by atoms with Crippen LogP contribution in [0.2, 0.25) is 0 Å². The van der Waals surface area contributed by atoms with Gasteiger partial charge in [-0.05, 0) is 18.2 Å². The number of rotatable bonds is 5. The predicted octanol–water partition coefficient (Wildman–Crippen LogP) is 3.09. The first-order chi connectivity index (χ1) is 8.08. The number of benzene rings is 1. The predicted molar refractivity (Wildman–Crippen MR) is 65.2 cm³/mol. The first kappa shape index (κ1) is 13.7. The second kappa shape index (κ2) is 6.37. The van der Waals surface area contributed by atoms with Gasteiger partial charge in [0.15, 0.2) is 0 Å². The van der Waals surface area contributed by atoms with Crippen LogP contribution in [0.15, 0.2) is 28.8 Å². The van der Waals surface area contributed by atoms with Crippen molar-refractivity contribution in [3.63, 3.8) is 0 Å². The lowest BCUT2D eigenvalue weighted by Gasteiger charge is -2.09. The summed E-state index contributed by atoms with van der Waals surface area (Å²) in [6.45, 7) is 0.0116. The molecule has 0 aliphatic rings. The van der Waals surface area contributed by atoms with Gasteiger partial charge in [-0.3, -0.25) is 0 Å². The van der Waals surface area contributed by atoms with Crippen LogP contribution in [0.25, 0.3) is 0 Å². The Bertz CT molecular complexity index is 443. The molecule has 0 bridgehead atoms. The van der Waals surface area contributed by atoms with Crippen molar-refractivity contribution in [1.29, 1.82) is 0 Å². The lowest BCUT2D eigenvalue weighted by atomic mass is 10.2. The fourth-order valence-corrected chi connectivity index (χ4v) is 1.22. The van der Waals surface area contributed by atoms with Crippen LogP contribution in [0.1, 0.15) is 10.4 Å². The summed E-state index contributed by atoms with van der Waals surface area (Å²) in [4.78, 5) is 11.0. The maximum Gasteiger partial charge on any atom is 0.339 e. The summed E-state index contributed by atoms with van der Waals surface area (Å²) in [5, 5.41) is 9.28. The van der Waals surface area contributed by atoms with E-state index in [1.807, 2.05) is 0 Å². The monoisotopic (exact) mass is 276 g/mol. The van der Waals surface area contributed by atoms with Gasteiger partial charge in [0, 0.05) is 5.54 Å². The Morgan fingerprint density at radius 3 is 2.76 bits per heavy atom. The molecule has 6 heteroatoms. The highest BCUT2D eigenvalue weighted by molar-refractivity contribution is 6.36. The molecule has 0 fully saturated rings. The van der Waals surface area contributed by atoms with Crippen molar-refractivity contribution in [3.05, 3.63) is 34.3 Å². The van der Waals surface area contributed by atoms with Crippen LogP contribution in [0.3, 0.4) is 0 Å². The molecule has 0 unspecified atom stereocenters. The van der Waals surface area contributed by atoms with Crippen molar-refractivity contribution in [1.82, 2.24) is 0 Å². The second-order valence-electron chi connectivity index (χ2n) is 3.01. The normalized spacial score (nSPS) is 11.1. The molecule has 0 aliphatic carbocycles. The van der Waals surface area contributed by atoms with Gasteiger partial charge in [0.05, 0.1) is 12.1 Å². The Labute approximate surface area is 108 Å². The smallest absolute Gasteiger partial charge is 0.339 e. The van der Waals surface area contributed by atoms with Crippen molar-refractivity contribution >= 4 is 29.2 Å². The van der Waals surface area contributed by atoms with Crippen LogP contribution in [0.5, 0.6) is 11.5 Å². The van der Waals surface area contributed by atoms with E-state index in [9.17, 15) is 4.79 Å². The van der Waals surface area contributed by atoms with Gasteiger partial charge < -0.3 is 14.6 Å². The van der Waals surface area contributed by atoms with E-state index < -0.39 is 5.97 Å². The fraction of sp³-hybridized carbons (Fsp3) is 0.182. The van der Waals surface area contributed by atoms with E-state index in [0.29, 0.717) is 5.75 Å². The van der Waals surface area contributed by atoms with E-state index in [1.54, 1.807) is 6.07 Å². The number of ether oxygens (including phenoxy) is 2. The number of methoxy groups -OCH3 is 1. The minimum atomic E-state index is -1.11. The van der Waals surface area contributed by atoms with Crippen LogP contribution >= 0.6 is 23.2 Å². The molecule has 1 aromatic carbocycles. The number of hydrogen-bond donors (Lipinski definition) is 1. The van der Waals surface area contributed by atoms with E-state index in [2.05, 4.69) is 0 Å². The van der Waals surface area contributed by atoms with E-state index in [4.69, 9.17) is 37.8 Å². The molecule has 0 amide bonds. The molecule has 0 aliphatic heterocycles. The molecule has 4 nitrogen and oxygen atoms in total.